The SMILES string of the molecule is CCC(NC1CCC(OC)CC1)c1ccc(OC)cc1. The van der Waals surface area contributed by atoms with Gasteiger partial charge in [-0.25, -0.2) is 0 Å². The van der Waals surface area contributed by atoms with Gasteiger partial charge >= 0.3 is 0 Å². The minimum Gasteiger partial charge on any atom is -0.497 e. The molecular weight excluding hydrogens is 250 g/mol. The summed E-state index contributed by atoms with van der Waals surface area (Å²) >= 11 is 0. The largest absolute Gasteiger partial charge is 0.497 e. The molecule has 0 radical (unpaired) electrons. The standard InChI is InChI=1S/C17H27NO2/c1-4-17(13-5-9-15(19-2)10-6-13)18-14-7-11-16(20-3)12-8-14/h5-6,9-10,14,16-18H,4,7-8,11-12H2,1-3H3. The highest BCUT2D eigenvalue weighted by Gasteiger charge is 2.22. The third-order valence-electron chi connectivity index (χ3n) is 4.37. The van der Waals surface area contributed by atoms with Crippen LogP contribution in [0.15, 0.2) is 24.3 Å². The van der Waals surface area contributed by atoms with Crippen LogP contribution in [-0.4, -0.2) is 26.4 Å². The van der Waals surface area contributed by atoms with Gasteiger partial charge in [-0.15, -0.1) is 0 Å². The summed E-state index contributed by atoms with van der Waals surface area (Å²) in [5, 5.41) is 3.81. The van der Waals surface area contributed by atoms with E-state index in [0.717, 1.165) is 12.2 Å². The van der Waals surface area contributed by atoms with E-state index >= 15 is 0 Å². The van der Waals surface area contributed by atoms with Crippen molar-refractivity contribution in [3.8, 4) is 5.75 Å². The molecule has 0 heterocycles. The van der Waals surface area contributed by atoms with Gasteiger partial charge < -0.3 is 14.8 Å². The van der Waals surface area contributed by atoms with Gasteiger partial charge in [0.15, 0.2) is 0 Å². The number of ether oxygens (including phenoxy) is 2. The lowest BCUT2D eigenvalue weighted by molar-refractivity contribution is 0.0610. The van der Waals surface area contributed by atoms with Crippen LogP contribution in [0, 0.1) is 0 Å². The minimum absolute atomic E-state index is 0.435. The Hall–Kier alpha value is -1.06. The maximum Gasteiger partial charge on any atom is 0.118 e. The van der Waals surface area contributed by atoms with Crippen LogP contribution < -0.4 is 10.1 Å². The molecule has 1 N–H and O–H groups in total. The third kappa shape index (κ3) is 3.97. The highest BCUT2D eigenvalue weighted by molar-refractivity contribution is 5.29. The molecule has 1 fully saturated rings. The molecule has 1 aromatic carbocycles. The molecule has 0 aromatic heterocycles. The summed E-state index contributed by atoms with van der Waals surface area (Å²) in [5.74, 6) is 0.921. The smallest absolute Gasteiger partial charge is 0.118 e. The summed E-state index contributed by atoms with van der Waals surface area (Å²) in [6.45, 7) is 2.24. The molecule has 2 rings (SSSR count). The van der Waals surface area contributed by atoms with Crippen LogP contribution in [-0.2, 0) is 4.74 Å². The molecule has 3 nitrogen and oxygen atoms in total. The topological polar surface area (TPSA) is 30.5 Å². The number of methoxy groups -OCH3 is 2. The molecule has 1 aliphatic carbocycles. The quantitative estimate of drug-likeness (QED) is 0.860. The van der Waals surface area contributed by atoms with E-state index in [1.165, 1.54) is 31.2 Å². The molecule has 1 aromatic rings. The van der Waals surface area contributed by atoms with Gasteiger partial charge in [0.25, 0.3) is 0 Å². The van der Waals surface area contributed by atoms with Crippen molar-refractivity contribution in [2.75, 3.05) is 14.2 Å². The van der Waals surface area contributed by atoms with Gasteiger partial charge in [0.05, 0.1) is 13.2 Å². The van der Waals surface area contributed by atoms with Crippen molar-refractivity contribution in [2.45, 2.75) is 57.2 Å². The predicted molar refractivity (Wildman–Crippen MR) is 82.2 cm³/mol. The van der Waals surface area contributed by atoms with Gasteiger partial charge in [0, 0.05) is 19.2 Å². The third-order valence-corrected chi connectivity index (χ3v) is 4.37. The number of hydrogen-bond donors (Lipinski definition) is 1. The molecular formula is C17H27NO2. The lowest BCUT2D eigenvalue weighted by Crippen LogP contribution is -2.37. The van der Waals surface area contributed by atoms with E-state index in [0.29, 0.717) is 18.2 Å². The molecule has 20 heavy (non-hydrogen) atoms. The number of nitrogens with one attached hydrogen (secondary N) is 1. The Morgan fingerprint density at radius 1 is 1.10 bits per heavy atom. The van der Waals surface area contributed by atoms with Gasteiger partial charge in [-0.2, -0.15) is 0 Å². The normalized spacial score (nSPS) is 24.4. The van der Waals surface area contributed by atoms with Gasteiger partial charge in [-0.05, 0) is 49.8 Å². The van der Waals surface area contributed by atoms with Crippen LogP contribution >= 0.6 is 0 Å². The van der Waals surface area contributed by atoms with Crippen molar-refractivity contribution >= 4 is 0 Å². The molecule has 1 aliphatic rings. The lowest BCUT2D eigenvalue weighted by Gasteiger charge is -2.31. The van der Waals surface area contributed by atoms with Crippen LogP contribution in [0.2, 0.25) is 0 Å². The molecule has 112 valence electrons. The molecule has 0 saturated heterocycles. The Balaban J connectivity index is 1.91. The summed E-state index contributed by atoms with van der Waals surface area (Å²) < 4.78 is 10.7. The van der Waals surface area contributed by atoms with Gasteiger partial charge in [-0.3, -0.25) is 0 Å². The fraction of sp³-hybridized carbons (Fsp3) is 0.647. The minimum atomic E-state index is 0.435. The van der Waals surface area contributed by atoms with Crippen LogP contribution in [0.1, 0.15) is 50.6 Å². The van der Waals surface area contributed by atoms with Gasteiger partial charge in [0.1, 0.15) is 5.75 Å². The van der Waals surface area contributed by atoms with Gasteiger partial charge in [-0.1, -0.05) is 19.1 Å². The van der Waals surface area contributed by atoms with E-state index < -0.39 is 0 Å². The molecule has 1 saturated carbocycles. The van der Waals surface area contributed by atoms with Crippen molar-refractivity contribution < 1.29 is 9.47 Å². The number of rotatable bonds is 6. The highest BCUT2D eigenvalue weighted by Crippen LogP contribution is 2.25. The number of hydrogen-bond acceptors (Lipinski definition) is 3. The highest BCUT2D eigenvalue weighted by atomic mass is 16.5. The summed E-state index contributed by atoms with van der Waals surface area (Å²) in [5.41, 5.74) is 1.35. The second-order valence-electron chi connectivity index (χ2n) is 5.61. The van der Waals surface area contributed by atoms with Crippen LogP contribution in [0.3, 0.4) is 0 Å². The molecule has 1 atom stereocenters. The predicted octanol–water partition coefficient (Wildman–Crippen LogP) is 3.69. The Kier molecular flexibility index (Phi) is 5.86. The van der Waals surface area contributed by atoms with Crippen molar-refractivity contribution in [3.05, 3.63) is 29.8 Å². The Morgan fingerprint density at radius 3 is 2.25 bits per heavy atom. The van der Waals surface area contributed by atoms with E-state index in [1.54, 1.807) is 7.11 Å². The Morgan fingerprint density at radius 2 is 1.75 bits per heavy atom. The van der Waals surface area contributed by atoms with Crippen molar-refractivity contribution in [2.24, 2.45) is 0 Å². The lowest BCUT2D eigenvalue weighted by atomic mass is 9.91. The van der Waals surface area contributed by atoms with E-state index in [-0.39, 0.29) is 0 Å². The molecule has 0 amide bonds. The van der Waals surface area contributed by atoms with Crippen LogP contribution in [0.5, 0.6) is 5.75 Å². The molecule has 1 unspecified atom stereocenters. The van der Waals surface area contributed by atoms with Crippen LogP contribution in [0.4, 0.5) is 0 Å². The summed E-state index contributed by atoms with van der Waals surface area (Å²) in [7, 11) is 3.53. The molecule has 0 spiro atoms. The zero-order valence-electron chi connectivity index (χ0n) is 12.9. The zero-order chi connectivity index (χ0) is 14.4. The summed E-state index contributed by atoms with van der Waals surface area (Å²) in [6.07, 6.45) is 6.35. The average Bonchev–Trinajstić information content (AvgIpc) is 2.53. The van der Waals surface area contributed by atoms with Crippen molar-refractivity contribution in [3.63, 3.8) is 0 Å². The summed E-state index contributed by atoms with van der Waals surface area (Å²) in [6, 6.07) is 9.48. The molecule has 0 bridgehead atoms. The second-order valence-corrected chi connectivity index (χ2v) is 5.61. The first kappa shape index (κ1) is 15.3. The average molecular weight is 277 g/mol. The fourth-order valence-corrected chi connectivity index (χ4v) is 3.04. The zero-order valence-corrected chi connectivity index (χ0v) is 12.9. The molecule has 3 heteroatoms. The molecule has 0 aliphatic heterocycles. The first-order valence-corrected chi connectivity index (χ1v) is 7.69. The Bertz CT molecular complexity index is 382. The first-order chi connectivity index (χ1) is 9.76. The van der Waals surface area contributed by atoms with Crippen molar-refractivity contribution in [1.29, 1.82) is 0 Å². The summed E-state index contributed by atoms with van der Waals surface area (Å²) in [4.78, 5) is 0. The maximum absolute atomic E-state index is 5.44. The van der Waals surface area contributed by atoms with Gasteiger partial charge in [0.2, 0.25) is 0 Å². The second kappa shape index (κ2) is 7.65. The van der Waals surface area contributed by atoms with E-state index in [9.17, 15) is 0 Å². The Labute approximate surface area is 122 Å². The first-order valence-electron chi connectivity index (χ1n) is 7.69. The fourth-order valence-electron chi connectivity index (χ4n) is 3.04. The number of benzene rings is 1. The van der Waals surface area contributed by atoms with Crippen molar-refractivity contribution in [1.82, 2.24) is 5.32 Å². The van der Waals surface area contributed by atoms with E-state index in [2.05, 4.69) is 24.4 Å². The maximum atomic E-state index is 5.44. The van der Waals surface area contributed by atoms with E-state index in [4.69, 9.17) is 9.47 Å². The monoisotopic (exact) mass is 277 g/mol. The van der Waals surface area contributed by atoms with Crippen LogP contribution in [0.25, 0.3) is 0 Å². The van der Waals surface area contributed by atoms with E-state index in [1.807, 2.05) is 19.2 Å².